The largest absolute Gasteiger partial charge is 0.475 e. The average molecular weight is 301 g/mol. The van der Waals surface area contributed by atoms with Crippen LogP contribution in [0.5, 0.6) is 5.88 Å². The molecular weight excluding hydrogens is 291 g/mol. The van der Waals surface area contributed by atoms with Gasteiger partial charge < -0.3 is 9.64 Å². The molecule has 0 bridgehead atoms. The van der Waals surface area contributed by atoms with E-state index in [-0.39, 0.29) is 16.5 Å². The molecule has 0 saturated heterocycles. The van der Waals surface area contributed by atoms with Crippen LogP contribution in [0.25, 0.3) is 10.9 Å². The highest BCUT2D eigenvalue weighted by atomic mass is 35.5. The fourth-order valence-electron chi connectivity index (χ4n) is 1.93. The minimum atomic E-state index is -0.640. The van der Waals surface area contributed by atoms with Crippen molar-refractivity contribution in [3.8, 4) is 5.88 Å². The Labute approximate surface area is 118 Å². The van der Waals surface area contributed by atoms with E-state index >= 15 is 0 Å². The molecule has 3 heterocycles. The van der Waals surface area contributed by atoms with Crippen molar-refractivity contribution in [2.45, 2.75) is 5.16 Å². The molecule has 0 atom stereocenters. The van der Waals surface area contributed by atoms with E-state index in [1.807, 2.05) is 18.2 Å². The van der Waals surface area contributed by atoms with Crippen molar-refractivity contribution in [1.29, 1.82) is 0 Å². The van der Waals surface area contributed by atoms with E-state index in [1.54, 1.807) is 0 Å². The van der Waals surface area contributed by atoms with Crippen LogP contribution >= 0.6 is 23.4 Å². The zero-order valence-electron chi connectivity index (χ0n) is 10.3. The minimum absolute atomic E-state index is 0.151. The van der Waals surface area contributed by atoms with E-state index in [4.69, 9.17) is 16.3 Å². The van der Waals surface area contributed by atoms with Gasteiger partial charge in [-0.25, -0.2) is 14.4 Å². The molecule has 2 aromatic rings. The summed E-state index contributed by atoms with van der Waals surface area (Å²) in [6, 6.07) is 0. The maximum atomic E-state index is 14.1. The van der Waals surface area contributed by atoms with Gasteiger partial charge in [0.05, 0.1) is 6.54 Å². The van der Waals surface area contributed by atoms with Crippen LogP contribution < -0.4 is 9.64 Å². The van der Waals surface area contributed by atoms with Crippen molar-refractivity contribution in [2.24, 2.45) is 0 Å². The second-order valence-corrected chi connectivity index (χ2v) is 5.18. The summed E-state index contributed by atoms with van der Waals surface area (Å²) in [4.78, 5) is 14.4. The molecule has 2 aromatic heterocycles. The van der Waals surface area contributed by atoms with Crippen LogP contribution in [0.2, 0.25) is 5.15 Å². The summed E-state index contributed by atoms with van der Waals surface area (Å²) < 4.78 is 19.6. The molecular formula is C11H10ClFN4OS. The Morgan fingerprint density at radius 1 is 1.37 bits per heavy atom. The van der Waals surface area contributed by atoms with Crippen molar-refractivity contribution in [3.05, 3.63) is 11.0 Å². The van der Waals surface area contributed by atoms with Gasteiger partial charge in [0.2, 0.25) is 5.88 Å². The second kappa shape index (κ2) is 4.64. The van der Waals surface area contributed by atoms with Gasteiger partial charge in [-0.2, -0.15) is 4.98 Å². The molecule has 5 nitrogen and oxygen atoms in total. The van der Waals surface area contributed by atoms with Crippen LogP contribution in [0.3, 0.4) is 0 Å². The minimum Gasteiger partial charge on any atom is -0.475 e. The molecule has 0 fully saturated rings. The van der Waals surface area contributed by atoms with Crippen molar-refractivity contribution >= 4 is 40.1 Å². The Kier molecular flexibility index (Phi) is 3.10. The number of likely N-dealkylation sites (N-methyl/N-ethyl adjacent to an activating group) is 1. The number of halogens is 2. The molecule has 1 aliphatic rings. The first-order valence-electron chi connectivity index (χ1n) is 5.56. The van der Waals surface area contributed by atoms with E-state index in [1.165, 1.54) is 11.8 Å². The lowest BCUT2D eigenvalue weighted by Crippen LogP contribution is -2.22. The summed E-state index contributed by atoms with van der Waals surface area (Å²) in [6.45, 7) is 1.07. The zero-order chi connectivity index (χ0) is 13.6. The molecule has 100 valence electrons. The van der Waals surface area contributed by atoms with Gasteiger partial charge in [0.25, 0.3) is 0 Å². The summed E-state index contributed by atoms with van der Waals surface area (Å²) in [6.07, 6.45) is 1.84. The fraction of sp³-hybridized carbons (Fsp3) is 0.364. The zero-order valence-corrected chi connectivity index (χ0v) is 11.8. The lowest BCUT2D eigenvalue weighted by molar-refractivity contribution is 0.321. The Morgan fingerprint density at radius 3 is 2.89 bits per heavy atom. The van der Waals surface area contributed by atoms with Gasteiger partial charge in [0, 0.05) is 7.05 Å². The number of pyridine rings is 1. The topological polar surface area (TPSA) is 51.1 Å². The van der Waals surface area contributed by atoms with Gasteiger partial charge in [0.15, 0.2) is 16.1 Å². The Bertz CT molecular complexity index is 669. The van der Waals surface area contributed by atoms with Crippen molar-refractivity contribution in [3.63, 3.8) is 0 Å². The third kappa shape index (κ3) is 1.97. The molecule has 0 N–H and O–H groups in total. The van der Waals surface area contributed by atoms with Crippen molar-refractivity contribution < 1.29 is 9.13 Å². The summed E-state index contributed by atoms with van der Waals surface area (Å²) >= 11 is 7.13. The Hall–Kier alpha value is -1.34. The first-order chi connectivity index (χ1) is 9.11. The van der Waals surface area contributed by atoms with Gasteiger partial charge >= 0.3 is 0 Å². The molecule has 0 aliphatic carbocycles. The van der Waals surface area contributed by atoms with E-state index in [2.05, 4.69) is 15.0 Å². The number of nitrogens with zero attached hydrogens (tertiary/aromatic N) is 4. The number of rotatable bonds is 1. The highest BCUT2D eigenvalue weighted by Crippen LogP contribution is 2.37. The molecule has 8 heteroatoms. The summed E-state index contributed by atoms with van der Waals surface area (Å²) in [5.41, 5.74) is 0.151. The number of thioether (sulfide) groups is 1. The van der Waals surface area contributed by atoms with Crippen molar-refractivity contribution in [1.82, 2.24) is 15.0 Å². The summed E-state index contributed by atoms with van der Waals surface area (Å²) in [7, 11) is 1.87. The molecule has 3 rings (SSSR count). The third-order valence-corrected chi connectivity index (χ3v) is 3.68. The second-order valence-electron chi connectivity index (χ2n) is 4.05. The number of hydrogen-bond acceptors (Lipinski definition) is 6. The normalized spacial score (nSPS) is 14.4. The first-order valence-corrected chi connectivity index (χ1v) is 7.16. The van der Waals surface area contributed by atoms with Crippen LogP contribution in [0.4, 0.5) is 10.2 Å². The van der Waals surface area contributed by atoms with E-state index in [0.717, 1.165) is 0 Å². The highest BCUT2D eigenvalue weighted by molar-refractivity contribution is 7.98. The fourth-order valence-corrected chi connectivity index (χ4v) is 2.46. The van der Waals surface area contributed by atoms with Crippen LogP contribution in [0.15, 0.2) is 5.16 Å². The van der Waals surface area contributed by atoms with Crippen molar-refractivity contribution in [2.75, 3.05) is 31.4 Å². The molecule has 0 radical (unpaired) electrons. The number of ether oxygens (including phenoxy) is 1. The third-order valence-electron chi connectivity index (χ3n) is 2.88. The smallest absolute Gasteiger partial charge is 0.228 e. The predicted molar refractivity (Wildman–Crippen MR) is 72.8 cm³/mol. The average Bonchev–Trinajstić information content (AvgIpc) is 2.56. The van der Waals surface area contributed by atoms with E-state index in [0.29, 0.717) is 29.5 Å². The SMILES string of the molecule is CSc1nc2c3c(nc(Cl)c(F)c3n1)OCCN2C. The summed E-state index contributed by atoms with van der Waals surface area (Å²) in [5.74, 6) is 0.261. The monoisotopic (exact) mass is 300 g/mol. The van der Waals surface area contributed by atoms with Crippen LogP contribution in [0.1, 0.15) is 0 Å². The van der Waals surface area contributed by atoms with E-state index < -0.39 is 5.82 Å². The molecule has 1 aliphatic heterocycles. The molecule has 0 amide bonds. The number of aromatic nitrogens is 3. The molecule has 0 spiro atoms. The van der Waals surface area contributed by atoms with E-state index in [9.17, 15) is 4.39 Å². The molecule has 0 saturated carbocycles. The van der Waals surface area contributed by atoms with Crippen LogP contribution in [0, 0.1) is 5.82 Å². The molecule has 19 heavy (non-hydrogen) atoms. The van der Waals surface area contributed by atoms with Gasteiger partial charge in [-0.3, -0.25) is 0 Å². The van der Waals surface area contributed by atoms with Crippen LogP contribution in [-0.4, -0.2) is 41.4 Å². The predicted octanol–water partition coefficient (Wildman–Crippen LogP) is 2.37. The number of hydrogen-bond donors (Lipinski definition) is 0. The van der Waals surface area contributed by atoms with Gasteiger partial charge in [-0.15, -0.1) is 0 Å². The van der Waals surface area contributed by atoms with Gasteiger partial charge in [0.1, 0.15) is 23.3 Å². The van der Waals surface area contributed by atoms with Gasteiger partial charge in [-0.05, 0) is 6.26 Å². The lowest BCUT2D eigenvalue weighted by atomic mass is 10.2. The van der Waals surface area contributed by atoms with Crippen LogP contribution in [-0.2, 0) is 0 Å². The Balaban J connectivity index is 2.45. The van der Waals surface area contributed by atoms with Gasteiger partial charge in [-0.1, -0.05) is 23.4 Å². The lowest BCUT2D eigenvalue weighted by Gasteiger charge is -2.16. The first kappa shape index (κ1) is 12.7. The molecule has 0 aromatic carbocycles. The summed E-state index contributed by atoms with van der Waals surface area (Å²) in [5, 5.41) is 0.729. The maximum Gasteiger partial charge on any atom is 0.228 e. The standard InChI is InChI=1S/C11H10ClFN4OS/c1-17-3-4-18-10-5-7(6(13)8(12)15-10)14-11(19-2)16-9(5)17/h3-4H2,1-2H3. The quantitative estimate of drug-likeness (QED) is 0.458. The highest BCUT2D eigenvalue weighted by Gasteiger charge is 2.24. The maximum absolute atomic E-state index is 14.1. The number of anilines is 1. The Morgan fingerprint density at radius 2 is 2.16 bits per heavy atom. The molecule has 0 unspecified atom stereocenters.